The van der Waals surface area contributed by atoms with Crippen LogP contribution in [0.15, 0.2) is 47.5 Å². The SMILES string of the molecule is Cc1cc(C)c(Oc2nc(C(C)(C)C)ccc2C(=O)NS(=O)(=O)c2cccnc2N)c(C)c1. The maximum absolute atomic E-state index is 13.1. The van der Waals surface area contributed by atoms with E-state index < -0.39 is 15.9 Å². The summed E-state index contributed by atoms with van der Waals surface area (Å²) in [5, 5.41) is 0. The number of pyridine rings is 2. The Labute approximate surface area is 194 Å². The lowest BCUT2D eigenvalue weighted by molar-refractivity contribution is 0.0978. The van der Waals surface area contributed by atoms with Crippen LogP contribution in [0.1, 0.15) is 53.5 Å². The lowest BCUT2D eigenvalue weighted by Gasteiger charge is -2.21. The third-order valence-corrected chi connectivity index (χ3v) is 6.37. The molecule has 0 radical (unpaired) electrons. The van der Waals surface area contributed by atoms with Crippen molar-refractivity contribution in [2.45, 2.75) is 51.9 Å². The zero-order valence-corrected chi connectivity index (χ0v) is 20.4. The van der Waals surface area contributed by atoms with Crippen LogP contribution in [-0.2, 0) is 15.4 Å². The van der Waals surface area contributed by atoms with Gasteiger partial charge in [0.05, 0.1) is 0 Å². The Morgan fingerprint density at radius 1 is 1.06 bits per heavy atom. The van der Waals surface area contributed by atoms with Crippen LogP contribution in [0.4, 0.5) is 5.82 Å². The zero-order valence-electron chi connectivity index (χ0n) is 19.6. The molecule has 0 unspecified atom stereocenters. The number of nitrogens with two attached hydrogens (primary N) is 1. The van der Waals surface area contributed by atoms with Gasteiger partial charge < -0.3 is 10.5 Å². The van der Waals surface area contributed by atoms with Crippen LogP contribution in [0.25, 0.3) is 0 Å². The van der Waals surface area contributed by atoms with Crippen molar-refractivity contribution in [3.8, 4) is 11.6 Å². The lowest BCUT2D eigenvalue weighted by Crippen LogP contribution is -2.32. The van der Waals surface area contributed by atoms with E-state index >= 15 is 0 Å². The van der Waals surface area contributed by atoms with Gasteiger partial charge in [-0.3, -0.25) is 4.79 Å². The molecule has 0 aliphatic heterocycles. The van der Waals surface area contributed by atoms with Gasteiger partial charge in [0.15, 0.2) is 0 Å². The summed E-state index contributed by atoms with van der Waals surface area (Å²) in [5.41, 5.74) is 8.86. The first-order valence-corrected chi connectivity index (χ1v) is 11.8. The van der Waals surface area contributed by atoms with Crippen molar-refractivity contribution in [2.75, 3.05) is 5.73 Å². The minimum Gasteiger partial charge on any atom is -0.438 e. The number of benzene rings is 1. The summed E-state index contributed by atoms with van der Waals surface area (Å²) >= 11 is 0. The topological polar surface area (TPSA) is 124 Å². The molecule has 3 N–H and O–H groups in total. The molecule has 3 aromatic rings. The minimum absolute atomic E-state index is 0.0179. The van der Waals surface area contributed by atoms with Crippen LogP contribution in [0.5, 0.6) is 11.6 Å². The molecule has 9 heteroatoms. The number of carbonyl (C=O) groups excluding carboxylic acids is 1. The van der Waals surface area contributed by atoms with E-state index in [1.165, 1.54) is 24.4 Å². The predicted molar refractivity (Wildman–Crippen MR) is 127 cm³/mol. The number of nitrogen functional groups attached to an aromatic ring is 1. The van der Waals surface area contributed by atoms with Crippen LogP contribution in [0.3, 0.4) is 0 Å². The highest BCUT2D eigenvalue weighted by Crippen LogP contribution is 2.33. The molecule has 0 saturated heterocycles. The Bertz CT molecular complexity index is 1310. The number of hydrogen-bond donors (Lipinski definition) is 2. The van der Waals surface area contributed by atoms with E-state index in [0.29, 0.717) is 11.4 Å². The van der Waals surface area contributed by atoms with Gasteiger partial charge in [0.2, 0.25) is 5.88 Å². The van der Waals surface area contributed by atoms with Crippen molar-refractivity contribution >= 4 is 21.7 Å². The standard InChI is InChI=1S/C24H28N4O4S/c1-14-12-15(2)20(16(3)13-14)32-23-17(9-10-19(27-23)24(4,5)6)22(29)28-33(30,31)18-8-7-11-26-21(18)25/h7-13H,1-6H3,(H2,25,26)(H,28,29). The average Bonchev–Trinajstić information content (AvgIpc) is 2.69. The molecule has 3 rings (SSSR count). The second kappa shape index (κ2) is 8.82. The first kappa shape index (κ1) is 24.2. The summed E-state index contributed by atoms with van der Waals surface area (Å²) < 4.78 is 33.7. The van der Waals surface area contributed by atoms with Gasteiger partial charge in [0.1, 0.15) is 22.0 Å². The molecule has 0 bridgehead atoms. The summed E-state index contributed by atoms with van der Waals surface area (Å²) in [6, 6.07) is 9.82. The Morgan fingerprint density at radius 2 is 1.70 bits per heavy atom. The van der Waals surface area contributed by atoms with Gasteiger partial charge in [-0.2, -0.15) is 0 Å². The Balaban J connectivity index is 2.06. The third kappa shape index (κ3) is 5.31. The normalized spacial score (nSPS) is 11.8. The second-order valence-corrected chi connectivity index (χ2v) is 10.6. The highest BCUT2D eigenvalue weighted by Gasteiger charge is 2.26. The number of ether oxygens (including phenoxy) is 1. The molecule has 8 nitrogen and oxygen atoms in total. The maximum atomic E-state index is 13.1. The summed E-state index contributed by atoms with van der Waals surface area (Å²) in [6.07, 6.45) is 1.36. The molecule has 2 aromatic heterocycles. The number of aromatic nitrogens is 2. The maximum Gasteiger partial charge on any atom is 0.270 e. The number of carbonyl (C=O) groups is 1. The molecule has 1 amide bonds. The Kier molecular flexibility index (Phi) is 6.46. The van der Waals surface area contributed by atoms with Crippen molar-refractivity contribution in [3.05, 3.63) is 70.5 Å². The summed E-state index contributed by atoms with van der Waals surface area (Å²) in [6.45, 7) is 11.7. The summed E-state index contributed by atoms with van der Waals surface area (Å²) in [4.78, 5) is 21.1. The fourth-order valence-corrected chi connectivity index (χ4v) is 4.44. The van der Waals surface area contributed by atoms with E-state index in [1.54, 1.807) is 6.07 Å². The molecular formula is C24H28N4O4S. The Morgan fingerprint density at radius 3 is 2.27 bits per heavy atom. The highest BCUT2D eigenvalue weighted by molar-refractivity contribution is 7.90. The van der Waals surface area contributed by atoms with Crippen molar-refractivity contribution < 1.29 is 17.9 Å². The molecule has 2 heterocycles. The van der Waals surface area contributed by atoms with E-state index in [2.05, 4.69) is 9.97 Å². The first-order valence-electron chi connectivity index (χ1n) is 10.3. The summed E-state index contributed by atoms with van der Waals surface area (Å²) in [7, 11) is -4.26. The van der Waals surface area contributed by atoms with Crippen molar-refractivity contribution in [1.29, 1.82) is 0 Å². The number of hydrogen-bond acceptors (Lipinski definition) is 7. The van der Waals surface area contributed by atoms with Gasteiger partial charge in [0.25, 0.3) is 15.9 Å². The van der Waals surface area contributed by atoms with Crippen molar-refractivity contribution in [3.63, 3.8) is 0 Å². The third-order valence-electron chi connectivity index (χ3n) is 4.99. The zero-order chi connectivity index (χ0) is 24.6. The largest absolute Gasteiger partial charge is 0.438 e. The number of nitrogens with zero attached hydrogens (tertiary/aromatic N) is 2. The molecule has 33 heavy (non-hydrogen) atoms. The first-order chi connectivity index (χ1) is 15.3. The fraction of sp³-hybridized carbons (Fsp3) is 0.292. The predicted octanol–water partition coefficient (Wildman–Crippen LogP) is 4.19. The number of rotatable bonds is 5. The van der Waals surface area contributed by atoms with E-state index in [-0.39, 0.29) is 27.6 Å². The van der Waals surface area contributed by atoms with Gasteiger partial charge in [-0.25, -0.2) is 23.1 Å². The molecule has 0 spiro atoms. The summed E-state index contributed by atoms with van der Waals surface area (Å²) in [5.74, 6) is -0.512. The van der Waals surface area contributed by atoms with E-state index in [0.717, 1.165) is 16.7 Å². The van der Waals surface area contributed by atoms with Crippen LogP contribution >= 0.6 is 0 Å². The smallest absolute Gasteiger partial charge is 0.270 e. The van der Waals surface area contributed by atoms with Gasteiger partial charge in [0, 0.05) is 17.3 Å². The van der Waals surface area contributed by atoms with Crippen LogP contribution in [0.2, 0.25) is 0 Å². The lowest BCUT2D eigenvalue weighted by atomic mass is 9.91. The number of nitrogens with one attached hydrogen (secondary N) is 1. The van der Waals surface area contributed by atoms with Gasteiger partial charge in [-0.05, 0) is 56.2 Å². The van der Waals surface area contributed by atoms with Gasteiger partial charge >= 0.3 is 0 Å². The number of amides is 1. The molecule has 0 aliphatic carbocycles. The van der Waals surface area contributed by atoms with E-state index in [1.807, 2.05) is 58.4 Å². The van der Waals surface area contributed by atoms with E-state index in [4.69, 9.17) is 10.5 Å². The Hall–Kier alpha value is -3.46. The molecular weight excluding hydrogens is 440 g/mol. The molecule has 0 saturated carbocycles. The quantitative estimate of drug-likeness (QED) is 0.575. The highest BCUT2D eigenvalue weighted by atomic mass is 32.2. The van der Waals surface area contributed by atoms with Crippen LogP contribution in [0, 0.1) is 20.8 Å². The average molecular weight is 469 g/mol. The van der Waals surface area contributed by atoms with Crippen LogP contribution in [-0.4, -0.2) is 24.3 Å². The molecule has 174 valence electrons. The number of sulfonamides is 1. The monoisotopic (exact) mass is 468 g/mol. The van der Waals surface area contributed by atoms with Crippen molar-refractivity contribution in [1.82, 2.24) is 14.7 Å². The molecule has 0 fully saturated rings. The van der Waals surface area contributed by atoms with Crippen LogP contribution < -0.4 is 15.2 Å². The fourth-order valence-electron chi connectivity index (χ4n) is 3.40. The minimum atomic E-state index is -4.26. The number of aryl methyl sites for hydroxylation is 3. The molecule has 1 aromatic carbocycles. The molecule has 0 aliphatic rings. The van der Waals surface area contributed by atoms with Gasteiger partial charge in [-0.1, -0.05) is 38.5 Å². The molecule has 0 atom stereocenters. The van der Waals surface area contributed by atoms with E-state index in [9.17, 15) is 13.2 Å². The van der Waals surface area contributed by atoms with Crippen molar-refractivity contribution in [2.24, 2.45) is 0 Å². The van der Waals surface area contributed by atoms with Gasteiger partial charge in [-0.15, -0.1) is 0 Å². The second-order valence-electron chi connectivity index (χ2n) is 8.95. The number of anilines is 1.